The number of halogens is 2. The zero-order valence-corrected chi connectivity index (χ0v) is 20.7. The number of aromatic nitrogens is 5. The van der Waals surface area contributed by atoms with Crippen LogP contribution >= 0.6 is 0 Å². The molecule has 1 aromatic carbocycles. The second-order valence-electron chi connectivity index (χ2n) is 9.29. The van der Waals surface area contributed by atoms with Crippen LogP contribution in [0.5, 0.6) is 0 Å². The van der Waals surface area contributed by atoms with Gasteiger partial charge in [-0.25, -0.2) is 18.7 Å². The van der Waals surface area contributed by atoms with Crippen molar-refractivity contribution in [2.24, 2.45) is 0 Å². The lowest BCUT2D eigenvalue weighted by molar-refractivity contribution is 0.0360. The van der Waals surface area contributed by atoms with Crippen LogP contribution in [0.2, 0.25) is 0 Å². The zero-order valence-electron chi connectivity index (χ0n) is 20.7. The maximum absolute atomic E-state index is 14.8. The van der Waals surface area contributed by atoms with Crippen molar-refractivity contribution >= 4 is 11.0 Å². The second-order valence-corrected chi connectivity index (χ2v) is 9.29. The van der Waals surface area contributed by atoms with Gasteiger partial charge in [-0.2, -0.15) is 5.10 Å². The SMILES string of the molecule is FCc1ccc(F)c(-c2cc(-c3cncc(-c4cnn(CCN5CCOCC5)c4)c3)c3cccnc3n2)c1. The van der Waals surface area contributed by atoms with Gasteiger partial charge in [0.25, 0.3) is 0 Å². The Hall–Kier alpha value is -4.08. The van der Waals surface area contributed by atoms with E-state index >= 15 is 0 Å². The Kier molecular flexibility index (Phi) is 6.85. The number of hydrogen-bond donors (Lipinski definition) is 0. The smallest absolute Gasteiger partial charge is 0.160 e. The van der Waals surface area contributed by atoms with Gasteiger partial charge >= 0.3 is 0 Å². The lowest BCUT2D eigenvalue weighted by atomic mass is 9.98. The summed E-state index contributed by atoms with van der Waals surface area (Å²) in [5.41, 5.74) is 5.02. The van der Waals surface area contributed by atoms with E-state index in [1.807, 2.05) is 41.3 Å². The predicted octanol–water partition coefficient (Wildman–Crippen LogP) is 5.16. The summed E-state index contributed by atoms with van der Waals surface area (Å²) in [5, 5.41) is 5.37. The summed E-state index contributed by atoms with van der Waals surface area (Å²) in [4.78, 5) is 15.9. The number of rotatable bonds is 7. The number of ether oxygens (including phenoxy) is 1. The van der Waals surface area contributed by atoms with Crippen molar-refractivity contribution in [3.8, 4) is 33.5 Å². The minimum absolute atomic E-state index is 0.236. The van der Waals surface area contributed by atoms with Crippen LogP contribution in [0.15, 0.2) is 73.4 Å². The minimum Gasteiger partial charge on any atom is -0.379 e. The number of fused-ring (bicyclic) bond motifs is 1. The molecular weight excluding hydrogens is 486 g/mol. The van der Waals surface area contributed by atoms with Gasteiger partial charge in [-0.3, -0.25) is 14.6 Å². The van der Waals surface area contributed by atoms with E-state index in [1.54, 1.807) is 18.6 Å². The summed E-state index contributed by atoms with van der Waals surface area (Å²) in [6, 6.07) is 11.8. The van der Waals surface area contributed by atoms with Crippen LogP contribution in [0.4, 0.5) is 8.78 Å². The van der Waals surface area contributed by atoms with Gasteiger partial charge < -0.3 is 4.74 Å². The van der Waals surface area contributed by atoms with Crippen LogP contribution in [0.3, 0.4) is 0 Å². The molecule has 7 nitrogen and oxygen atoms in total. The Morgan fingerprint density at radius 3 is 2.63 bits per heavy atom. The first-order valence-corrected chi connectivity index (χ1v) is 12.6. The van der Waals surface area contributed by atoms with E-state index < -0.39 is 12.5 Å². The highest BCUT2D eigenvalue weighted by molar-refractivity contribution is 5.95. The lowest BCUT2D eigenvalue weighted by Gasteiger charge is -2.26. The third-order valence-electron chi connectivity index (χ3n) is 6.81. The summed E-state index contributed by atoms with van der Waals surface area (Å²) in [6.45, 7) is 4.47. The van der Waals surface area contributed by atoms with E-state index in [9.17, 15) is 8.78 Å². The molecule has 5 heterocycles. The van der Waals surface area contributed by atoms with Crippen molar-refractivity contribution in [1.29, 1.82) is 0 Å². The molecule has 0 atom stereocenters. The Bertz CT molecular complexity index is 1580. The van der Waals surface area contributed by atoms with Gasteiger partial charge in [0.2, 0.25) is 0 Å². The molecule has 1 aliphatic rings. The summed E-state index contributed by atoms with van der Waals surface area (Å²) in [7, 11) is 0. The Morgan fingerprint density at radius 1 is 0.895 bits per heavy atom. The molecule has 0 spiro atoms. The van der Waals surface area contributed by atoms with E-state index in [2.05, 4.69) is 25.0 Å². The van der Waals surface area contributed by atoms with Crippen molar-refractivity contribution in [3.63, 3.8) is 0 Å². The van der Waals surface area contributed by atoms with E-state index in [0.717, 1.165) is 67.0 Å². The fraction of sp³-hybridized carbons (Fsp3) is 0.241. The summed E-state index contributed by atoms with van der Waals surface area (Å²) in [5.74, 6) is -0.465. The summed E-state index contributed by atoms with van der Waals surface area (Å²) >= 11 is 0. The number of nitrogens with zero attached hydrogens (tertiary/aromatic N) is 6. The van der Waals surface area contributed by atoms with Crippen LogP contribution < -0.4 is 0 Å². The first-order chi connectivity index (χ1) is 18.7. The molecule has 0 amide bonds. The van der Waals surface area contributed by atoms with Crippen molar-refractivity contribution in [3.05, 3.63) is 84.8 Å². The van der Waals surface area contributed by atoms with Gasteiger partial charge in [0, 0.05) is 72.1 Å². The third-order valence-corrected chi connectivity index (χ3v) is 6.81. The van der Waals surface area contributed by atoms with Crippen LogP contribution in [0, 0.1) is 5.82 Å². The Balaban J connectivity index is 1.35. The van der Waals surface area contributed by atoms with Crippen LogP contribution in [-0.2, 0) is 18.0 Å². The van der Waals surface area contributed by atoms with Crippen molar-refractivity contribution in [2.45, 2.75) is 13.2 Å². The average molecular weight is 513 g/mol. The highest BCUT2D eigenvalue weighted by Gasteiger charge is 2.15. The van der Waals surface area contributed by atoms with Crippen LogP contribution in [0.1, 0.15) is 5.56 Å². The molecule has 9 heteroatoms. The summed E-state index contributed by atoms with van der Waals surface area (Å²) < 4.78 is 35.5. The zero-order chi connectivity index (χ0) is 25.9. The molecule has 0 saturated carbocycles. The molecule has 0 bridgehead atoms. The Labute approximate surface area is 218 Å². The molecule has 0 aliphatic carbocycles. The second kappa shape index (κ2) is 10.7. The topological polar surface area (TPSA) is 69.0 Å². The first kappa shape index (κ1) is 24.3. The standard InChI is InChI=1S/C29H26F2N6O/c30-15-20-3-4-27(31)26(12-20)28-14-25(24-2-1-5-33-29(24)35-28)22-13-21(16-32-17-22)23-18-34-37(19-23)7-6-36-8-10-38-11-9-36/h1-5,12-14,16-19H,6-11,15H2. The molecule has 0 radical (unpaired) electrons. The fourth-order valence-corrected chi connectivity index (χ4v) is 4.73. The molecule has 0 unspecified atom stereocenters. The number of alkyl halides is 1. The third kappa shape index (κ3) is 5.03. The highest BCUT2D eigenvalue weighted by Crippen LogP contribution is 2.34. The highest BCUT2D eigenvalue weighted by atomic mass is 19.1. The molecule has 5 aromatic rings. The van der Waals surface area contributed by atoms with E-state index in [1.165, 1.54) is 18.2 Å². The molecule has 6 rings (SSSR count). The van der Waals surface area contributed by atoms with Crippen molar-refractivity contribution in [2.75, 3.05) is 32.8 Å². The van der Waals surface area contributed by atoms with Gasteiger partial charge in [-0.1, -0.05) is 6.07 Å². The molecule has 4 aromatic heterocycles. The number of benzene rings is 1. The minimum atomic E-state index is -0.682. The summed E-state index contributed by atoms with van der Waals surface area (Å²) in [6.07, 6.45) is 9.09. The number of pyridine rings is 3. The van der Waals surface area contributed by atoms with E-state index in [4.69, 9.17) is 4.74 Å². The largest absolute Gasteiger partial charge is 0.379 e. The van der Waals surface area contributed by atoms with Gasteiger partial charge in [-0.05, 0) is 47.5 Å². The van der Waals surface area contributed by atoms with Gasteiger partial charge in [0.15, 0.2) is 5.65 Å². The molecular formula is C29H26F2N6O. The van der Waals surface area contributed by atoms with E-state index in [0.29, 0.717) is 16.9 Å². The molecule has 1 aliphatic heterocycles. The molecule has 1 saturated heterocycles. The van der Waals surface area contributed by atoms with Gasteiger partial charge in [0.05, 0.1) is 31.6 Å². The number of morpholine rings is 1. The Morgan fingerprint density at radius 2 is 1.76 bits per heavy atom. The van der Waals surface area contributed by atoms with Crippen LogP contribution in [-0.4, -0.2) is 62.5 Å². The van der Waals surface area contributed by atoms with Gasteiger partial charge in [-0.15, -0.1) is 0 Å². The molecule has 38 heavy (non-hydrogen) atoms. The molecule has 192 valence electrons. The van der Waals surface area contributed by atoms with Crippen LogP contribution in [0.25, 0.3) is 44.5 Å². The maximum Gasteiger partial charge on any atom is 0.160 e. The molecule has 1 fully saturated rings. The van der Waals surface area contributed by atoms with E-state index in [-0.39, 0.29) is 5.56 Å². The normalized spacial score (nSPS) is 14.3. The monoisotopic (exact) mass is 512 g/mol. The fourth-order valence-electron chi connectivity index (χ4n) is 4.73. The quantitative estimate of drug-likeness (QED) is 0.300. The molecule has 0 N–H and O–H groups in total. The van der Waals surface area contributed by atoms with Crippen molar-refractivity contribution < 1.29 is 13.5 Å². The number of hydrogen-bond acceptors (Lipinski definition) is 6. The van der Waals surface area contributed by atoms with Gasteiger partial charge in [0.1, 0.15) is 12.5 Å². The average Bonchev–Trinajstić information content (AvgIpc) is 3.46. The predicted molar refractivity (Wildman–Crippen MR) is 141 cm³/mol. The lowest BCUT2D eigenvalue weighted by Crippen LogP contribution is -2.38. The maximum atomic E-state index is 14.8. The van der Waals surface area contributed by atoms with Crippen molar-refractivity contribution in [1.82, 2.24) is 29.6 Å². The first-order valence-electron chi connectivity index (χ1n) is 12.6.